The van der Waals surface area contributed by atoms with Crippen molar-refractivity contribution in [1.29, 1.82) is 0 Å². The minimum absolute atomic E-state index is 0.0457. The topological polar surface area (TPSA) is 115 Å². The molecule has 1 aliphatic heterocycles. The van der Waals surface area contributed by atoms with Gasteiger partial charge in [0.05, 0.1) is 12.0 Å². The van der Waals surface area contributed by atoms with E-state index in [2.05, 4.69) is 39.7 Å². The summed E-state index contributed by atoms with van der Waals surface area (Å²) in [4.78, 5) is 41.8. The Kier molecular flexibility index (Phi) is 8.67. The summed E-state index contributed by atoms with van der Waals surface area (Å²) in [7, 11) is 2.11. The van der Waals surface area contributed by atoms with Gasteiger partial charge in [-0.2, -0.15) is 0 Å². The minimum atomic E-state index is -0.0893. The summed E-state index contributed by atoms with van der Waals surface area (Å²) in [6.07, 6.45) is 1.76. The minimum Gasteiger partial charge on any atom is -0.494 e. The van der Waals surface area contributed by atoms with E-state index in [4.69, 9.17) is 14.7 Å². The van der Waals surface area contributed by atoms with Gasteiger partial charge in [-0.3, -0.25) is 9.59 Å². The van der Waals surface area contributed by atoms with Crippen molar-refractivity contribution < 1.29 is 14.3 Å². The van der Waals surface area contributed by atoms with Gasteiger partial charge < -0.3 is 30.2 Å². The third kappa shape index (κ3) is 6.59. The van der Waals surface area contributed by atoms with Crippen LogP contribution < -0.4 is 20.3 Å². The van der Waals surface area contributed by atoms with E-state index in [-0.39, 0.29) is 11.8 Å². The Bertz CT molecular complexity index is 1480. The molecule has 1 aliphatic rings. The first kappa shape index (κ1) is 27.9. The van der Waals surface area contributed by atoms with Crippen molar-refractivity contribution in [2.45, 2.75) is 32.7 Å². The number of hydrogen-bond donors (Lipinski definition) is 3. The number of nitrogens with one attached hydrogen (secondary N) is 3. The highest BCUT2D eigenvalue weighted by molar-refractivity contribution is 6.00. The Hall–Kier alpha value is -4.60. The van der Waals surface area contributed by atoms with Gasteiger partial charge in [0.25, 0.3) is 5.91 Å². The maximum atomic E-state index is 13.6. The lowest BCUT2D eigenvalue weighted by Gasteiger charge is -2.37. The molecule has 10 heteroatoms. The fraction of sp³-hybridized carbons (Fsp3) is 0.355. The zero-order valence-corrected chi connectivity index (χ0v) is 23.8. The van der Waals surface area contributed by atoms with Crippen molar-refractivity contribution in [3.63, 3.8) is 0 Å². The highest BCUT2D eigenvalue weighted by atomic mass is 16.5. The van der Waals surface area contributed by atoms with Crippen LogP contribution >= 0.6 is 0 Å². The molecule has 1 saturated heterocycles. The van der Waals surface area contributed by atoms with E-state index in [0.717, 1.165) is 35.2 Å². The number of piperidine rings is 1. The van der Waals surface area contributed by atoms with Gasteiger partial charge in [-0.05, 0) is 50.1 Å². The summed E-state index contributed by atoms with van der Waals surface area (Å²) in [5, 5.41) is 6.83. The Balaban J connectivity index is 1.30. The Morgan fingerprint density at radius 1 is 1.05 bits per heavy atom. The molecule has 10 nitrogen and oxygen atoms in total. The maximum Gasteiger partial charge on any atom is 0.270 e. The normalized spacial score (nSPS) is 13.7. The number of benzene rings is 2. The van der Waals surface area contributed by atoms with Gasteiger partial charge in [-0.1, -0.05) is 30.3 Å². The molecule has 0 radical (unpaired) electrons. The largest absolute Gasteiger partial charge is 0.494 e. The van der Waals surface area contributed by atoms with Gasteiger partial charge in [0.1, 0.15) is 22.9 Å². The number of H-pyrrole nitrogens is 1. The fourth-order valence-electron chi connectivity index (χ4n) is 5.18. The average molecular weight is 556 g/mol. The van der Waals surface area contributed by atoms with Crippen LogP contribution in [0.2, 0.25) is 0 Å². The lowest BCUT2D eigenvalue weighted by atomic mass is 10.0. The maximum absolute atomic E-state index is 13.6. The van der Waals surface area contributed by atoms with Crippen LogP contribution in [0.15, 0.2) is 60.7 Å². The predicted molar refractivity (Wildman–Crippen MR) is 161 cm³/mol. The molecule has 5 rings (SSSR count). The summed E-state index contributed by atoms with van der Waals surface area (Å²) < 4.78 is 5.57. The molecule has 0 unspecified atom stereocenters. The van der Waals surface area contributed by atoms with E-state index in [0.29, 0.717) is 61.8 Å². The van der Waals surface area contributed by atoms with Crippen LogP contribution in [-0.4, -0.2) is 77.5 Å². The first-order valence-corrected chi connectivity index (χ1v) is 14.1. The summed E-state index contributed by atoms with van der Waals surface area (Å²) in [6, 6.07) is 20.1. The third-order valence-electron chi connectivity index (χ3n) is 7.40. The van der Waals surface area contributed by atoms with Gasteiger partial charge in [0.15, 0.2) is 5.82 Å². The van der Waals surface area contributed by atoms with Crippen LogP contribution in [0.3, 0.4) is 0 Å². The van der Waals surface area contributed by atoms with E-state index in [1.807, 2.05) is 60.4 Å². The molecule has 0 atom stereocenters. The first-order chi connectivity index (χ1) is 19.9. The molecule has 3 heterocycles. The second kappa shape index (κ2) is 12.7. The standard InChI is InChI=1S/C31H37N7O3/c1-4-41-25-12-10-23(11-13-25)37(3)24-14-18-38(19-15-24)31(40)27-20-26-29(33-17-16-32-21(2)39)35-28(36-30(26)34-27)22-8-6-5-7-9-22/h5-13,20,24H,4,14-19H2,1-3H3,(H,32,39)(H2,33,34,35,36). The molecule has 214 valence electrons. The second-order valence-corrected chi connectivity index (χ2v) is 10.2. The monoisotopic (exact) mass is 555 g/mol. The summed E-state index contributed by atoms with van der Waals surface area (Å²) in [5.41, 5.74) is 3.10. The number of hydrogen-bond acceptors (Lipinski definition) is 7. The van der Waals surface area contributed by atoms with E-state index in [1.54, 1.807) is 0 Å². The van der Waals surface area contributed by atoms with Crippen LogP contribution in [-0.2, 0) is 4.79 Å². The molecule has 0 saturated carbocycles. The number of anilines is 2. The Morgan fingerprint density at radius 2 is 1.78 bits per heavy atom. The number of rotatable bonds is 10. The molecule has 1 fully saturated rings. The fourth-order valence-corrected chi connectivity index (χ4v) is 5.18. The van der Waals surface area contributed by atoms with Crippen molar-refractivity contribution in [3.8, 4) is 17.1 Å². The molecule has 2 aromatic carbocycles. The predicted octanol–water partition coefficient (Wildman–Crippen LogP) is 4.31. The lowest BCUT2D eigenvalue weighted by Crippen LogP contribution is -2.45. The zero-order valence-electron chi connectivity index (χ0n) is 23.8. The number of fused-ring (bicyclic) bond motifs is 1. The van der Waals surface area contributed by atoms with Crippen LogP contribution in [0.5, 0.6) is 5.75 Å². The third-order valence-corrected chi connectivity index (χ3v) is 7.40. The van der Waals surface area contributed by atoms with Crippen molar-refractivity contribution in [2.24, 2.45) is 0 Å². The molecule has 2 amide bonds. The molecular formula is C31H37N7O3. The Morgan fingerprint density at radius 3 is 2.46 bits per heavy atom. The van der Waals surface area contributed by atoms with Crippen LogP contribution in [0, 0.1) is 0 Å². The van der Waals surface area contributed by atoms with E-state index >= 15 is 0 Å². The number of likely N-dealkylation sites (tertiary alicyclic amines) is 1. The molecule has 3 N–H and O–H groups in total. The highest BCUT2D eigenvalue weighted by Gasteiger charge is 2.27. The SMILES string of the molecule is CCOc1ccc(N(C)C2CCN(C(=O)c3cc4c(NCCNC(C)=O)nc(-c5ccccc5)nc4[nH]3)CC2)cc1. The van der Waals surface area contributed by atoms with E-state index in [1.165, 1.54) is 6.92 Å². The van der Waals surface area contributed by atoms with Crippen molar-refractivity contribution in [1.82, 2.24) is 25.2 Å². The van der Waals surface area contributed by atoms with Gasteiger partial charge in [-0.15, -0.1) is 0 Å². The van der Waals surface area contributed by atoms with Crippen molar-refractivity contribution >= 4 is 34.4 Å². The number of carbonyl (C=O) groups is 2. The molecule has 41 heavy (non-hydrogen) atoms. The van der Waals surface area contributed by atoms with Crippen LogP contribution in [0.1, 0.15) is 37.2 Å². The number of amides is 2. The zero-order chi connectivity index (χ0) is 28.8. The first-order valence-electron chi connectivity index (χ1n) is 14.1. The Labute approximate surface area is 240 Å². The number of ether oxygens (including phenoxy) is 1. The van der Waals surface area contributed by atoms with Gasteiger partial charge in [-0.25, -0.2) is 9.97 Å². The summed E-state index contributed by atoms with van der Waals surface area (Å²) in [6.45, 7) is 6.40. The molecule has 0 spiro atoms. The number of nitrogens with zero attached hydrogens (tertiary/aromatic N) is 4. The van der Waals surface area contributed by atoms with Gasteiger partial charge in [0.2, 0.25) is 5.91 Å². The molecule has 0 bridgehead atoms. The van der Waals surface area contributed by atoms with Crippen LogP contribution in [0.4, 0.5) is 11.5 Å². The molecule has 4 aromatic rings. The van der Waals surface area contributed by atoms with Gasteiger partial charge >= 0.3 is 0 Å². The molecule has 2 aromatic heterocycles. The average Bonchev–Trinajstić information content (AvgIpc) is 3.44. The van der Waals surface area contributed by atoms with E-state index < -0.39 is 0 Å². The number of aromatic nitrogens is 3. The number of carbonyl (C=O) groups excluding carboxylic acids is 2. The number of aromatic amines is 1. The van der Waals surface area contributed by atoms with Crippen molar-refractivity contribution in [3.05, 3.63) is 66.4 Å². The quantitative estimate of drug-likeness (QED) is 0.250. The molecule has 0 aliphatic carbocycles. The molecular weight excluding hydrogens is 518 g/mol. The van der Waals surface area contributed by atoms with E-state index in [9.17, 15) is 9.59 Å². The lowest BCUT2D eigenvalue weighted by molar-refractivity contribution is -0.118. The van der Waals surface area contributed by atoms with Crippen LogP contribution in [0.25, 0.3) is 22.4 Å². The summed E-state index contributed by atoms with van der Waals surface area (Å²) >= 11 is 0. The summed E-state index contributed by atoms with van der Waals surface area (Å²) in [5.74, 6) is 1.91. The second-order valence-electron chi connectivity index (χ2n) is 10.2. The highest BCUT2D eigenvalue weighted by Crippen LogP contribution is 2.28. The smallest absolute Gasteiger partial charge is 0.270 e. The van der Waals surface area contributed by atoms with Gasteiger partial charge in [0, 0.05) is 57.4 Å². The van der Waals surface area contributed by atoms with Crippen molar-refractivity contribution in [2.75, 3.05) is 50.1 Å².